The van der Waals surface area contributed by atoms with E-state index in [2.05, 4.69) is 41.4 Å². The lowest BCUT2D eigenvalue weighted by atomic mass is 10.0. The molecular formula is C17H25ClN2O2S. The van der Waals surface area contributed by atoms with Gasteiger partial charge in [-0.15, -0.1) is 12.4 Å². The third kappa shape index (κ3) is 4.63. The number of morpholine rings is 1. The van der Waals surface area contributed by atoms with E-state index in [1.165, 1.54) is 5.56 Å². The first-order chi connectivity index (χ1) is 10.8. The van der Waals surface area contributed by atoms with Gasteiger partial charge in [0.1, 0.15) is 0 Å². The molecule has 0 spiro atoms. The molecule has 2 heterocycles. The monoisotopic (exact) mass is 356 g/mol. The molecule has 3 rings (SSSR count). The summed E-state index contributed by atoms with van der Waals surface area (Å²) in [5, 5.41) is 3.80. The van der Waals surface area contributed by atoms with Gasteiger partial charge in [-0.1, -0.05) is 37.3 Å². The van der Waals surface area contributed by atoms with Crippen LogP contribution in [0.15, 0.2) is 30.3 Å². The second kappa shape index (κ2) is 8.92. The molecule has 3 atom stereocenters. The van der Waals surface area contributed by atoms with E-state index in [1.807, 2.05) is 17.8 Å². The summed E-state index contributed by atoms with van der Waals surface area (Å²) >= 11 is 1.95. The van der Waals surface area contributed by atoms with Crippen LogP contribution in [0.1, 0.15) is 24.9 Å². The first-order valence-corrected chi connectivity index (χ1v) is 9.07. The van der Waals surface area contributed by atoms with Crippen LogP contribution in [0.2, 0.25) is 0 Å². The van der Waals surface area contributed by atoms with Gasteiger partial charge < -0.3 is 15.0 Å². The molecule has 1 aromatic carbocycles. The summed E-state index contributed by atoms with van der Waals surface area (Å²) in [6.45, 7) is 5.28. The van der Waals surface area contributed by atoms with E-state index in [9.17, 15) is 4.79 Å². The summed E-state index contributed by atoms with van der Waals surface area (Å²) in [7, 11) is 0. The summed E-state index contributed by atoms with van der Waals surface area (Å²) in [5.41, 5.74) is 1.24. The Morgan fingerprint density at radius 3 is 2.87 bits per heavy atom. The first kappa shape index (κ1) is 18.6. The highest BCUT2D eigenvalue weighted by Crippen LogP contribution is 2.36. The summed E-state index contributed by atoms with van der Waals surface area (Å²) in [4.78, 5) is 14.9. The minimum absolute atomic E-state index is 0. The van der Waals surface area contributed by atoms with Gasteiger partial charge >= 0.3 is 0 Å². The van der Waals surface area contributed by atoms with Crippen molar-refractivity contribution >= 4 is 30.1 Å². The smallest absolute Gasteiger partial charge is 0.224 e. The quantitative estimate of drug-likeness (QED) is 0.903. The van der Waals surface area contributed by atoms with E-state index in [0.29, 0.717) is 18.3 Å². The van der Waals surface area contributed by atoms with E-state index in [0.717, 1.165) is 25.4 Å². The number of carbonyl (C=O) groups excluding carboxylic acids is 1. The van der Waals surface area contributed by atoms with Crippen molar-refractivity contribution in [2.24, 2.45) is 0 Å². The van der Waals surface area contributed by atoms with Gasteiger partial charge in [0.05, 0.1) is 19.3 Å². The molecule has 2 fully saturated rings. The Labute approximate surface area is 148 Å². The second-order valence-corrected chi connectivity index (χ2v) is 7.43. The summed E-state index contributed by atoms with van der Waals surface area (Å²) in [6.07, 6.45) is 0.528. The molecule has 0 aliphatic carbocycles. The van der Waals surface area contributed by atoms with Crippen molar-refractivity contribution in [2.75, 3.05) is 32.1 Å². The van der Waals surface area contributed by atoms with Crippen LogP contribution >= 0.6 is 24.2 Å². The molecule has 2 saturated heterocycles. The highest BCUT2D eigenvalue weighted by atomic mass is 35.5. The zero-order valence-corrected chi connectivity index (χ0v) is 15.1. The molecule has 128 valence electrons. The Morgan fingerprint density at radius 2 is 2.17 bits per heavy atom. The summed E-state index contributed by atoms with van der Waals surface area (Å²) in [5.74, 6) is 1.26. The minimum Gasteiger partial charge on any atom is -0.378 e. The number of nitrogens with zero attached hydrogens (tertiary/aromatic N) is 1. The molecule has 2 aliphatic rings. The molecule has 1 amide bonds. The molecule has 4 nitrogen and oxygen atoms in total. The highest BCUT2D eigenvalue weighted by Gasteiger charge is 2.34. The van der Waals surface area contributed by atoms with Gasteiger partial charge in [0, 0.05) is 36.6 Å². The van der Waals surface area contributed by atoms with Crippen LogP contribution in [-0.4, -0.2) is 54.2 Å². The molecule has 3 unspecified atom stereocenters. The number of benzene rings is 1. The van der Waals surface area contributed by atoms with E-state index in [4.69, 9.17) is 4.74 Å². The Kier molecular flexibility index (Phi) is 7.21. The number of nitrogens with one attached hydrogen (secondary N) is 1. The van der Waals surface area contributed by atoms with Crippen LogP contribution in [0.25, 0.3) is 0 Å². The maximum absolute atomic E-state index is 12.8. The van der Waals surface area contributed by atoms with Gasteiger partial charge in [-0.25, -0.2) is 0 Å². The standard InChI is InChI=1S/C17H24N2O2S.ClH/c1-13-17(14-5-3-2-4-6-14)19(8-10-22-13)16(20)11-15-12-21-9-7-18-15;/h2-6,13,15,17-18H,7-12H2,1H3;1H. The number of hydrogen-bond acceptors (Lipinski definition) is 4. The fourth-order valence-electron chi connectivity index (χ4n) is 3.28. The average molecular weight is 357 g/mol. The third-order valence-corrected chi connectivity index (χ3v) is 5.58. The number of ether oxygens (including phenoxy) is 1. The summed E-state index contributed by atoms with van der Waals surface area (Å²) in [6, 6.07) is 10.7. The Bertz CT molecular complexity index is 497. The molecule has 6 heteroatoms. The lowest BCUT2D eigenvalue weighted by molar-refractivity contribution is -0.134. The van der Waals surface area contributed by atoms with E-state index in [1.54, 1.807) is 0 Å². The normalized spacial score (nSPS) is 28.0. The minimum atomic E-state index is 0. The Hall–Kier alpha value is -0.750. The number of amides is 1. The largest absolute Gasteiger partial charge is 0.378 e. The van der Waals surface area contributed by atoms with Crippen LogP contribution in [-0.2, 0) is 9.53 Å². The number of thioether (sulfide) groups is 1. The number of carbonyl (C=O) groups is 1. The lowest BCUT2D eigenvalue weighted by Crippen LogP contribution is -2.48. The molecule has 1 N–H and O–H groups in total. The predicted octanol–water partition coefficient (Wildman–Crippen LogP) is 2.49. The second-order valence-electron chi connectivity index (χ2n) is 5.95. The predicted molar refractivity (Wildman–Crippen MR) is 97.3 cm³/mol. The number of rotatable bonds is 3. The van der Waals surface area contributed by atoms with Gasteiger partial charge in [-0.05, 0) is 5.56 Å². The van der Waals surface area contributed by atoms with Crippen molar-refractivity contribution in [2.45, 2.75) is 30.7 Å². The van der Waals surface area contributed by atoms with Crippen LogP contribution in [0.4, 0.5) is 0 Å². The van der Waals surface area contributed by atoms with Gasteiger partial charge in [0.2, 0.25) is 5.91 Å². The SMILES string of the molecule is CC1SCCN(C(=O)CC2COCCN2)C1c1ccccc1.Cl. The molecule has 1 aromatic rings. The van der Waals surface area contributed by atoms with Crippen LogP contribution in [0.3, 0.4) is 0 Å². The summed E-state index contributed by atoms with van der Waals surface area (Å²) < 4.78 is 5.47. The van der Waals surface area contributed by atoms with Crippen LogP contribution < -0.4 is 5.32 Å². The zero-order chi connectivity index (χ0) is 15.4. The maximum atomic E-state index is 12.8. The first-order valence-electron chi connectivity index (χ1n) is 8.03. The Balaban J connectivity index is 0.00000192. The van der Waals surface area contributed by atoms with E-state index in [-0.39, 0.29) is 30.4 Å². The van der Waals surface area contributed by atoms with Crippen molar-refractivity contribution in [3.8, 4) is 0 Å². The average Bonchev–Trinajstić information content (AvgIpc) is 2.56. The van der Waals surface area contributed by atoms with Crippen molar-refractivity contribution in [1.82, 2.24) is 10.2 Å². The third-order valence-electron chi connectivity index (χ3n) is 4.37. The van der Waals surface area contributed by atoms with E-state index < -0.39 is 0 Å². The topological polar surface area (TPSA) is 41.6 Å². The van der Waals surface area contributed by atoms with Crippen molar-refractivity contribution < 1.29 is 9.53 Å². The lowest BCUT2D eigenvalue weighted by Gasteiger charge is -2.40. The van der Waals surface area contributed by atoms with Gasteiger partial charge in [0.15, 0.2) is 0 Å². The molecule has 0 aromatic heterocycles. The Morgan fingerprint density at radius 1 is 1.39 bits per heavy atom. The van der Waals surface area contributed by atoms with Gasteiger partial charge in [0.25, 0.3) is 0 Å². The van der Waals surface area contributed by atoms with Crippen LogP contribution in [0, 0.1) is 0 Å². The highest BCUT2D eigenvalue weighted by molar-refractivity contribution is 8.00. The van der Waals surface area contributed by atoms with Gasteiger partial charge in [-0.2, -0.15) is 11.8 Å². The molecule has 0 saturated carbocycles. The molecule has 0 bridgehead atoms. The van der Waals surface area contributed by atoms with Crippen molar-refractivity contribution in [3.05, 3.63) is 35.9 Å². The number of hydrogen-bond donors (Lipinski definition) is 1. The van der Waals surface area contributed by atoms with Crippen molar-refractivity contribution in [1.29, 1.82) is 0 Å². The fourth-order valence-corrected chi connectivity index (χ4v) is 4.44. The molecule has 0 radical (unpaired) electrons. The number of halogens is 1. The van der Waals surface area contributed by atoms with E-state index >= 15 is 0 Å². The molecule has 23 heavy (non-hydrogen) atoms. The molecular weight excluding hydrogens is 332 g/mol. The van der Waals surface area contributed by atoms with Crippen LogP contribution in [0.5, 0.6) is 0 Å². The van der Waals surface area contributed by atoms with Crippen molar-refractivity contribution in [3.63, 3.8) is 0 Å². The zero-order valence-electron chi connectivity index (χ0n) is 13.4. The fraction of sp³-hybridized carbons (Fsp3) is 0.588. The van der Waals surface area contributed by atoms with Gasteiger partial charge in [-0.3, -0.25) is 4.79 Å². The maximum Gasteiger partial charge on any atom is 0.224 e. The molecule has 2 aliphatic heterocycles.